The second-order valence-corrected chi connectivity index (χ2v) is 4.97. The number of halogens is 3. The van der Waals surface area contributed by atoms with Crippen molar-refractivity contribution in [3.05, 3.63) is 0 Å². The van der Waals surface area contributed by atoms with Crippen molar-refractivity contribution in [1.82, 2.24) is 10.6 Å². The first-order chi connectivity index (χ1) is 8.88. The van der Waals surface area contributed by atoms with Crippen LogP contribution >= 0.6 is 0 Å². The van der Waals surface area contributed by atoms with E-state index in [1.165, 1.54) is 0 Å². The molecule has 0 spiro atoms. The monoisotopic (exact) mass is 282 g/mol. The van der Waals surface area contributed by atoms with Crippen molar-refractivity contribution >= 4 is 6.03 Å². The number of hydrogen-bond acceptors (Lipinski definition) is 2. The summed E-state index contributed by atoms with van der Waals surface area (Å²) in [6.07, 6.45) is -1.45. The molecule has 1 aliphatic rings. The van der Waals surface area contributed by atoms with E-state index in [0.717, 1.165) is 12.8 Å². The molecule has 0 heterocycles. The van der Waals surface area contributed by atoms with Gasteiger partial charge in [0.15, 0.2) is 0 Å². The van der Waals surface area contributed by atoms with Gasteiger partial charge in [0.1, 0.15) is 6.04 Å². The van der Waals surface area contributed by atoms with Gasteiger partial charge < -0.3 is 15.7 Å². The van der Waals surface area contributed by atoms with Gasteiger partial charge in [-0.1, -0.05) is 19.8 Å². The minimum Gasteiger partial charge on any atom is -0.394 e. The Morgan fingerprint density at radius 3 is 2.32 bits per heavy atom. The van der Waals surface area contributed by atoms with Crippen molar-refractivity contribution in [2.45, 2.75) is 57.3 Å². The molecule has 0 aromatic heterocycles. The average Bonchev–Trinajstić information content (AvgIpc) is 2.85. The second-order valence-electron chi connectivity index (χ2n) is 4.97. The lowest BCUT2D eigenvalue weighted by atomic mass is 9.98. The van der Waals surface area contributed by atoms with E-state index in [2.05, 4.69) is 5.32 Å². The summed E-state index contributed by atoms with van der Waals surface area (Å²) in [5.74, 6) is -0.542. The van der Waals surface area contributed by atoms with E-state index in [9.17, 15) is 18.0 Å². The molecule has 2 amide bonds. The number of rotatable bonds is 5. The Morgan fingerprint density at radius 2 is 1.89 bits per heavy atom. The fourth-order valence-electron chi connectivity index (χ4n) is 2.40. The van der Waals surface area contributed by atoms with Crippen LogP contribution in [-0.2, 0) is 0 Å². The molecular weight excluding hydrogens is 261 g/mol. The molecule has 0 aliphatic heterocycles. The highest BCUT2D eigenvalue weighted by atomic mass is 19.4. The summed E-state index contributed by atoms with van der Waals surface area (Å²) in [6.45, 7) is 1.45. The minimum absolute atomic E-state index is 0.288. The van der Waals surface area contributed by atoms with Crippen LogP contribution in [0.15, 0.2) is 0 Å². The topological polar surface area (TPSA) is 61.4 Å². The van der Waals surface area contributed by atoms with Crippen LogP contribution in [-0.4, -0.2) is 36.0 Å². The number of amides is 2. The molecule has 0 bridgehead atoms. The molecule has 0 aromatic rings. The normalized spacial score (nSPS) is 20.1. The van der Waals surface area contributed by atoms with Crippen molar-refractivity contribution < 1.29 is 23.1 Å². The van der Waals surface area contributed by atoms with Gasteiger partial charge in [-0.25, -0.2) is 4.79 Å². The van der Waals surface area contributed by atoms with E-state index in [4.69, 9.17) is 5.11 Å². The predicted octanol–water partition coefficient (Wildman–Crippen LogP) is 2.18. The summed E-state index contributed by atoms with van der Waals surface area (Å²) < 4.78 is 38.8. The Hall–Kier alpha value is -0.980. The average molecular weight is 282 g/mol. The van der Waals surface area contributed by atoms with Gasteiger partial charge in [0.2, 0.25) is 0 Å². The van der Waals surface area contributed by atoms with Crippen molar-refractivity contribution in [1.29, 1.82) is 0 Å². The van der Waals surface area contributed by atoms with Gasteiger partial charge in [-0.2, -0.15) is 13.2 Å². The van der Waals surface area contributed by atoms with Crippen LogP contribution in [0.1, 0.15) is 39.0 Å². The number of aliphatic hydroxyl groups is 1. The van der Waals surface area contributed by atoms with Crippen molar-refractivity contribution in [2.24, 2.45) is 5.92 Å². The Morgan fingerprint density at radius 1 is 1.32 bits per heavy atom. The summed E-state index contributed by atoms with van der Waals surface area (Å²) in [5.41, 5.74) is 0. The highest BCUT2D eigenvalue weighted by Crippen LogP contribution is 2.35. The third-order valence-corrected chi connectivity index (χ3v) is 3.56. The number of urea groups is 1. The largest absolute Gasteiger partial charge is 0.408 e. The molecule has 1 fully saturated rings. The molecule has 19 heavy (non-hydrogen) atoms. The first-order valence-electron chi connectivity index (χ1n) is 6.63. The third-order valence-electron chi connectivity index (χ3n) is 3.56. The maximum absolute atomic E-state index is 12.9. The molecule has 1 rings (SSSR count). The molecule has 1 aliphatic carbocycles. The molecule has 1 saturated carbocycles. The zero-order valence-corrected chi connectivity index (χ0v) is 11.0. The lowest BCUT2D eigenvalue weighted by molar-refractivity contribution is -0.164. The first kappa shape index (κ1) is 16.1. The lowest BCUT2D eigenvalue weighted by Gasteiger charge is -2.27. The fraction of sp³-hybridized carbons (Fsp3) is 0.917. The maximum atomic E-state index is 12.9. The Balaban J connectivity index is 2.59. The van der Waals surface area contributed by atoms with Gasteiger partial charge >= 0.3 is 12.2 Å². The SMILES string of the molecule is CC[C@H](CO)NC(=O)NC(C1CCCC1)C(F)(F)F. The molecule has 112 valence electrons. The van der Waals surface area contributed by atoms with E-state index in [1.54, 1.807) is 6.92 Å². The molecule has 0 saturated heterocycles. The smallest absolute Gasteiger partial charge is 0.394 e. The second kappa shape index (κ2) is 6.98. The van der Waals surface area contributed by atoms with Crippen LogP contribution < -0.4 is 10.6 Å². The quantitative estimate of drug-likeness (QED) is 0.723. The highest BCUT2D eigenvalue weighted by molar-refractivity contribution is 5.74. The molecule has 0 aromatic carbocycles. The van der Waals surface area contributed by atoms with Crippen LogP contribution in [0.2, 0.25) is 0 Å². The first-order valence-corrected chi connectivity index (χ1v) is 6.63. The van der Waals surface area contributed by atoms with Gasteiger partial charge in [0, 0.05) is 0 Å². The third kappa shape index (κ3) is 4.89. The molecule has 3 N–H and O–H groups in total. The number of aliphatic hydroxyl groups excluding tert-OH is 1. The van der Waals surface area contributed by atoms with E-state index in [-0.39, 0.29) is 6.61 Å². The number of alkyl halides is 3. The summed E-state index contributed by atoms with van der Waals surface area (Å²) >= 11 is 0. The van der Waals surface area contributed by atoms with E-state index in [0.29, 0.717) is 19.3 Å². The number of nitrogens with one attached hydrogen (secondary N) is 2. The van der Waals surface area contributed by atoms with Crippen molar-refractivity contribution in [3.8, 4) is 0 Å². The molecular formula is C12H21F3N2O2. The molecule has 4 nitrogen and oxygen atoms in total. The molecule has 2 atom stereocenters. The summed E-state index contributed by atoms with van der Waals surface area (Å²) in [4.78, 5) is 11.6. The number of carbonyl (C=O) groups excluding carboxylic acids is 1. The highest BCUT2D eigenvalue weighted by Gasteiger charge is 2.46. The Kier molecular flexibility index (Phi) is 5.90. The fourth-order valence-corrected chi connectivity index (χ4v) is 2.40. The van der Waals surface area contributed by atoms with Gasteiger partial charge in [-0.3, -0.25) is 0 Å². The maximum Gasteiger partial charge on any atom is 0.408 e. The van der Waals surface area contributed by atoms with Gasteiger partial charge in [0.25, 0.3) is 0 Å². The standard InChI is InChI=1S/C12H21F3N2O2/c1-2-9(7-18)16-11(19)17-10(12(13,14)15)8-5-3-4-6-8/h8-10,18H,2-7H2,1H3,(H2,16,17,19)/t9-,10?/m1/s1. The summed E-state index contributed by atoms with van der Waals surface area (Å²) in [7, 11) is 0. The number of hydrogen-bond donors (Lipinski definition) is 3. The predicted molar refractivity (Wildman–Crippen MR) is 64.6 cm³/mol. The van der Waals surface area contributed by atoms with Crippen LogP contribution in [0.25, 0.3) is 0 Å². The van der Waals surface area contributed by atoms with Gasteiger partial charge in [-0.15, -0.1) is 0 Å². The van der Waals surface area contributed by atoms with Crippen molar-refractivity contribution in [2.75, 3.05) is 6.61 Å². The summed E-state index contributed by atoms with van der Waals surface area (Å²) in [5, 5.41) is 13.3. The Labute approximate surface area is 110 Å². The van der Waals surface area contributed by atoms with Crippen LogP contribution in [0, 0.1) is 5.92 Å². The van der Waals surface area contributed by atoms with Gasteiger partial charge in [0.05, 0.1) is 12.6 Å². The molecule has 1 unspecified atom stereocenters. The zero-order chi connectivity index (χ0) is 14.5. The van der Waals surface area contributed by atoms with Crippen LogP contribution in [0.3, 0.4) is 0 Å². The summed E-state index contributed by atoms with van der Waals surface area (Å²) in [6, 6.07) is -3.18. The zero-order valence-electron chi connectivity index (χ0n) is 11.0. The molecule has 7 heteroatoms. The lowest BCUT2D eigenvalue weighted by Crippen LogP contribution is -2.54. The van der Waals surface area contributed by atoms with E-state index in [1.807, 2.05) is 5.32 Å². The van der Waals surface area contributed by atoms with E-state index >= 15 is 0 Å². The Bertz CT molecular complexity index is 287. The minimum atomic E-state index is -4.44. The molecule has 0 radical (unpaired) electrons. The van der Waals surface area contributed by atoms with Gasteiger partial charge in [-0.05, 0) is 25.2 Å². The van der Waals surface area contributed by atoms with Crippen LogP contribution in [0.5, 0.6) is 0 Å². The van der Waals surface area contributed by atoms with Crippen LogP contribution in [0.4, 0.5) is 18.0 Å². The number of carbonyl (C=O) groups is 1. The van der Waals surface area contributed by atoms with E-state index < -0.39 is 30.2 Å². The van der Waals surface area contributed by atoms with Crippen molar-refractivity contribution in [3.63, 3.8) is 0 Å².